The summed E-state index contributed by atoms with van der Waals surface area (Å²) < 4.78 is 0. The molecule has 2 amide bonds. The van der Waals surface area contributed by atoms with Gasteiger partial charge in [-0.15, -0.1) is 0 Å². The Morgan fingerprint density at radius 1 is 1.25 bits per heavy atom. The molecule has 0 saturated carbocycles. The van der Waals surface area contributed by atoms with Gasteiger partial charge in [0.1, 0.15) is 0 Å². The number of carboxylic acid groups (broad SMARTS) is 1. The largest absolute Gasteiger partial charge is 0.481 e. The lowest BCUT2D eigenvalue weighted by molar-refractivity contribution is -0.146. The number of nitrogens with zero attached hydrogens (tertiary/aromatic N) is 1. The maximum Gasteiger partial charge on any atom is 0.314 e. The lowest BCUT2D eigenvalue weighted by Gasteiger charge is -2.38. The van der Waals surface area contributed by atoms with Crippen molar-refractivity contribution in [1.82, 2.24) is 15.5 Å². The molecule has 1 aliphatic heterocycles. The van der Waals surface area contributed by atoms with E-state index in [1.807, 2.05) is 0 Å². The van der Waals surface area contributed by atoms with Crippen molar-refractivity contribution in [2.45, 2.75) is 33.6 Å². The second kappa shape index (κ2) is 6.43. The maximum absolute atomic E-state index is 11.7. The van der Waals surface area contributed by atoms with Crippen LogP contribution in [0.15, 0.2) is 0 Å². The first-order valence-corrected chi connectivity index (χ1v) is 7.08. The summed E-state index contributed by atoms with van der Waals surface area (Å²) in [6.45, 7) is 8.20. The van der Waals surface area contributed by atoms with Crippen LogP contribution in [0.3, 0.4) is 0 Å². The molecule has 0 atom stereocenters. The van der Waals surface area contributed by atoms with Crippen molar-refractivity contribution in [3.05, 3.63) is 0 Å². The molecule has 0 bridgehead atoms. The highest BCUT2D eigenvalue weighted by atomic mass is 16.4. The Kier molecular flexibility index (Phi) is 5.39. The molecule has 1 saturated heterocycles. The number of carboxylic acids is 1. The third kappa shape index (κ3) is 5.00. The van der Waals surface area contributed by atoms with Crippen LogP contribution in [-0.2, 0) is 4.79 Å². The molecular formula is C14H27N3O3. The van der Waals surface area contributed by atoms with Gasteiger partial charge in [0.15, 0.2) is 0 Å². The molecule has 0 aromatic carbocycles. The van der Waals surface area contributed by atoms with E-state index in [9.17, 15) is 9.59 Å². The summed E-state index contributed by atoms with van der Waals surface area (Å²) in [5, 5.41) is 14.5. The van der Waals surface area contributed by atoms with Crippen LogP contribution in [0.4, 0.5) is 4.79 Å². The second-order valence-electron chi connectivity index (χ2n) is 6.84. The van der Waals surface area contributed by atoms with Crippen LogP contribution in [0.2, 0.25) is 0 Å². The number of hydrogen-bond acceptors (Lipinski definition) is 3. The zero-order chi connectivity index (χ0) is 15.4. The summed E-state index contributed by atoms with van der Waals surface area (Å²) in [6.07, 6.45) is 2.12. The van der Waals surface area contributed by atoms with E-state index in [1.54, 1.807) is 13.8 Å². The Balaban J connectivity index is 2.31. The van der Waals surface area contributed by atoms with Crippen molar-refractivity contribution < 1.29 is 14.7 Å². The number of piperidine rings is 1. The monoisotopic (exact) mass is 285 g/mol. The molecule has 0 aromatic rings. The third-order valence-corrected chi connectivity index (χ3v) is 4.14. The number of rotatable bonds is 5. The number of carbonyl (C=O) groups is 2. The fourth-order valence-corrected chi connectivity index (χ4v) is 2.07. The first-order chi connectivity index (χ1) is 9.15. The number of aliphatic carboxylic acids is 1. The zero-order valence-electron chi connectivity index (χ0n) is 13.0. The van der Waals surface area contributed by atoms with Crippen LogP contribution in [0.25, 0.3) is 0 Å². The van der Waals surface area contributed by atoms with Gasteiger partial charge in [0, 0.05) is 13.1 Å². The van der Waals surface area contributed by atoms with Gasteiger partial charge in [-0.25, -0.2) is 4.79 Å². The number of amides is 2. The van der Waals surface area contributed by atoms with E-state index in [2.05, 4.69) is 29.5 Å². The number of nitrogens with one attached hydrogen (secondary N) is 2. The zero-order valence-corrected chi connectivity index (χ0v) is 13.0. The molecule has 1 rings (SSSR count). The molecule has 1 aliphatic rings. The van der Waals surface area contributed by atoms with Gasteiger partial charge >= 0.3 is 12.0 Å². The highest BCUT2D eigenvalue weighted by Crippen LogP contribution is 2.29. The molecule has 0 spiro atoms. The normalized spacial score (nSPS) is 19.4. The molecule has 0 radical (unpaired) electrons. The Morgan fingerprint density at radius 2 is 1.80 bits per heavy atom. The first-order valence-electron chi connectivity index (χ1n) is 7.08. The first kappa shape index (κ1) is 16.8. The van der Waals surface area contributed by atoms with Crippen LogP contribution in [0, 0.1) is 10.8 Å². The predicted molar refractivity (Wildman–Crippen MR) is 77.7 cm³/mol. The molecule has 0 unspecified atom stereocenters. The van der Waals surface area contributed by atoms with E-state index in [0.29, 0.717) is 6.54 Å². The standard InChI is InChI=1S/C14H27N3O3/c1-13(2,11(18)19)9-15-12(20)16-10-14(3)5-7-17(4)8-6-14/h5-10H2,1-4H3,(H,18,19)(H2,15,16,20). The van der Waals surface area contributed by atoms with Gasteiger partial charge in [0.05, 0.1) is 5.41 Å². The topological polar surface area (TPSA) is 81.7 Å². The highest BCUT2D eigenvalue weighted by molar-refractivity contribution is 5.77. The lowest BCUT2D eigenvalue weighted by atomic mass is 9.80. The SMILES string of the molecule is CN1CCC(C)(CNC(=O)NCC(C)(C)C(=O)O)CC1. The molecule has 20 heavy (non-hydrogen) atoms. The van der Waals surface area contributed by atoms with E-state index in [0.717, 1.165) is 25.9 Å². The fraction of sp³-hybridized carbons (Fsp3) is 0.857. The Morgan fingerprint density at radius 3 is 2.30 bits per heavy atom. The molecule has 6 nitrogen and oxygen atoms in total. The van der Waals surface area contributed by atoms with E-state index in [4.69, 9.17) is 5.11 Å². The van der Waals surface area contributed by atoms with Crippen molar-refractivity contribution in [3.63, 3.8) is 0 Å². The molecule has 0 aromatic heterocycles. The van der Waals surface area contributed by atoms with Gasteiger partial charge in [-0.1, -0.05) is 6.92 Å². The summed E-state index contributed by atoms with van der Waals surface area (Å²) in [5.41, 5.74) is -0.818. The molecule has 116 valence electrons. The fourth-order valence-electron chi connectivity index (χ4n) is 2.07. The van der Waals surface area contributed by atoms with Gasteiger partial charge in [0.25, 0.3) is 0 Å². The van der Waals surface area contributed by atoms with Crippen molar-refractivity contribution >= 4 is 12.0 Å². The summed E-state index contributed by atoms with van der Waals surface area (Å²) in [5.74, 6) is -0.917. The van der Waals surface area contributed by atoms with Gasteiger partial charge in [-0.2, -0.15) is 0 Å². The van der Waals surface area contributed by atoms with E-state index in [-0.39, 0.29) is 18.0 Å². The lowest BCUT2D eigenvalue weighted by Crippen LogP contribution is -2.48. The molecule has 1 heterocycles. The minimum Gasteiger partial charge on any atom is -0.481 e. The number of hydrogen-bond donors (Lipinski definition) is 3. The van der Waals surface area contributed by atoms with Crippen molar-refractivity contribution in [2.24, 2.45) is 10.8 Å². The molecule has 6 heteroatoms. The van der Waals surface area contributed by atoms with E-state index < -0.39 is 11.4 Å². The predicted octanol–water partition coefficient (Wildman–Crippen LogP) is 1.13. The summed E-state index contributed by atoms with van der Waals surface area (Å²) >= 11 is 0. The van der Waals surface area contributed by atoms with Crippen LogP contribution in [0.1, 0.15) is 33.6 Å². The van der Waals surface area contributed by atoms with Crippen molar-refractivity contribution in [1.29, 1.82) is 0 Å². The van der Waals surface area contributed by atoms with Crippen LogP contribution in [0.5, 0.6) is 0 Å². The van der Waals surface area contributed by atoms with Crippen molar-refractivity contribution in [3.8, 4) is 0 Å². The van der Waals surface area contributed by atoms with Crippen LogP contribution >= 0.6 is 0 Å². The second-order valence-corrected chi connectivity index (χ2v) is 6.84. The summed E-state index contributed by atoms with van der Waals surface area (Å²) in [6, 6.07) is -0.292. The molecule has 0 aliphatic carbocycles. The van der Waals surface area contributed by atoms with Crippen LogP contribution in [-0.4, -0.2) is 55.2 Å². The smallest absolute Gasteiger partial charge is 0.314 e. The Hall–Kier alpha value is -1.30. The molecular weight excluding hydrogens is 258 g/mol. The number of carbonyl (C=O) groups excluding carboxylic acids is 1. The van der Waals surface area contributed by atoms with Gasteiger partial charge < -0.3 is 20.6 Å². The van der Waals surface area contributed by atoms with Crippen LogP contribution < -0.4 is 10.6 Å². The minimum absolute atomic E-state index is 0.119. The van der Waals surface area contributed by atoms with Gasteiger partial charge in [0.2, 0.25) is 0 Å². The van der Waals surface area contributed by atoms with Gasteiger partial charge in [-0.05, 0) is 52.2 Å². The third-order valence-electron chi connectivity index (χ3n) is 4.14. The average Bonchev–Trinajstić information content (AvgIpc) is 2.38. The Bertz CT molecular complexity index is 361. The Labute approximate surface area is 120 Å². The average molecular weight is 285 g/mol. The molecule has 3 N–H and O–H groups in total. The minimum atomic E-state index is -0.950. The van der Waals surface area contributed by atoms with Gasteiger partial charge in [-0.3, -0.25) is 4.79 Å². The summed E-state index contributed by atoms with van der Waals surface area (Å²) in [7, 11) is 2.10. The number of urea groups is 1. The van der Waals surface area contributed by atoms with E-state index >= 15 is 0 Å². The maximum atomic E-state index is 11.7. The number of likely N-dealkylation sites (tertiary alicyclic amines) is 1. The quantitative estimate of drug-likeness (QED) is 0.707. The molecule has 1 fully saturated rings. The highest BCUT2D eigenvalue weighted by Gasteiger charge is 2.30. The van der Waals surface area contributed by atoms with E-state index in [1.165, 1.54) is 0 Å². The summed E-state index contributed by atoms with van der Waals surface area (Å²) in [4.78, 5) is 25.0. The van der Waals surface area contributed by atoms with Crippen molar-refractivity contribution in [2.75, 3.05) is 33.2 Å².